The van der Waals surface area contributed by atoms with Crippen LogP contribution >= 0.6 is 11.3 Å². The molecule has 12 nitrogen and oxygen atoms in total. The number of thiazole rings is 1. The molecule has 1 amide bonds. The number of nitrogens with one attached hydrogen (secondary N) is 1. The van der Waals surface area contributed by atoms with E-state index in [1.807, 2.05) is 0 Å². The van der Waals surface area contributed by atoms with Crippen molar-refractivity contribution in [2.45, 2.75) is 29.1 Å². The Balaban J connectivity index is 1.38. The minimum Gasteiger partial charge on any atom is -0.475 e. The van der Waals surface area contributed by atoms with Gasteiger partial charge in [-0.2, -0.15) is 0 Å². The molecule has 0 radical (unpaired) electrons. The van der Waals surface area contributed by atoms with E-state index in [4.69, 9.17) is 24.2 Å². The van der Waals surface area contributed by atoms with Crippen molar-refractivity contribution in [1.29, 1.82) is 0 Å². The van der Waals surface area contributed by atoms with E-state index in [2.05, 4.69) is 20.4 Å². The van der Waals surface area contributed by atoms with Crippen molar-refractivity contribution in [3.63, 3.8) is 0 Å². The number of anilines is 1. The van der Waals surface area contributed by atoms with Crippen LogP contribution in [0.25, 0.3) is 10.3 Å². The zero-order valence-corrected chi connectivity index (χ0v) is 21.9. The predicted molar refractivity (Wildman–Crippen MR) is 138 cm³/mol. The van der Waals surface area contributed by atoms with E-state index in [1.165, 1.54) is 24.3 Å². The Morgan fingerprint density at radius 2 is 1.89 bits per heavy atom. The van der Waals surface area contributed by atoms with Crippen LogP contribution in [0.4, 0.5) is 5.13 Å². The Morgan fingerprint density at radius 1 is 1.11 bits per heavy atom. The first-order chi connectivity index (χ1) is 18.4. The fraction of sp³-hybridized carbons (Fsp3) is 0.417. The summed E-state index contributed by atoms with van der Waals surface area (Å²) in [6.45, 7) is 1.47. The van der Waals surface area contributed by atoms with Crippen LogP contribution in [-0.2, 0) is 28.9 Å². The van der Waals surface area contributed by atoms with Crippen LogP contribution in [0.15, 0.2) is 46.4 Å². The Bertz CT molecular complexity index is 1410. The highest BCUT2D eigenvalue weighted by Gasteiger charge is 2.31. The summed E-state index contributed by atoms with van der Waals surface area (Å²) in [6, 6.07) is 9.30. The van der Waals surface area contributed by atoms with Gasteiger partial charge in [-0.1, -0.05) is 28.6 Å². The first-order valence-corrected chi connectivity index (χ1v) is 14.4. The minimum absolute atomic E-state index is 0.0377. The van der Waals surface area contributed by atoms with Gasteiger partial charge in [0, 0.05) is 24.7 Å². The lowest BCUT2D eigenvalue weighted by Crippen LogP contribution is -2.25. The van der Waals surface area contributed by atoms with Gasteiger partial charge in [0.2, 0.25) is 5.88 Å². The number of hydrogen-bond donors (Lipinski definition) is 2. The van der Waals surface area contributed by atoms with Gasteiger partial charge >= 0.3 is 0 Å². The maximum Gasteiger partial charge on any atom is 0.280 e. The molecule has 2 atom stereocenters. The van der Waals surface area contributed by atoms with Crippen LogP contribution in [0.1, 0.15) is 18.4 Å². The van der Waals surface area contributed by atoms with E-state index in [-0.39, 0.29) is 41.7 Å². The van der Waals surface area contributed by atoms with Gasteiger partial charge in [0.15, 0.2) is 26.8 Å². The number of benzene rings is 1. The first-order valence-electron chi connectivity index (χ1n) is 12.0. The maximum atomic E-state index is 13.3. The number of nitrogens with zero attached hydrogens (tertiary/aromatic N) is 3. The van der Waals surface area contributed by atoms with Crippen LogP contribution in [0, 0.1) is 0 Å². The topological polar surface area (TPSA) is 159 Å². The van der Waals surface area contributed by atoms with Gasteiger partial charge < -0.3 is 24.2 Å². The fourth-order valence-electron chi connectivity index (χ4n) is 3.94. The van der Waals surface area contributed by atoms with Crippen molar-refractivity contribution in [2.75, 3.05) is 45.0 Å². The number of carbonyl (C=O) groups excluding carboxylic acids is 1. The van der Waals surface area contributed by atoms with Gasteiger partial charge in [0.1, 0.15) is 17.0 Å². The van der Waals surface area contributed by atoms with Crippen molar-refractivity contribution >= 4 is 48.3 Å². The number of carbonyl (C=O) groups is 1. The van der Waals surface area contributed by atoms with E-state index >= 15 is 0 Å². The third-order valence-electron chi connectivity index (χ3n) is 5.97. The average Bonchev–Trinajstić information content (AvgIpc) is 3.70. The van der Waals surface area contributed by atoms with Crippen LogP contribution in [0.3, 0.4) is 0 Å². The molecule has 2 aromatic heterocycles. The molecule has 0 spiro atoms. The SMILES string of the molecule is O=C(Nc1nc2ccc(OCCO)nc2s1)/C(=N/O[C@@H]1CCOC1)c1ccc(S(=O)(=O)[C@H]2CCOC2)cc1. The van der Waals surface area contributed by atoms with Gasteiger partial charge in [-0.15, -0.1) is 0 Å². The monoisotopic (exact) mass is 562 g/mol. The summed E-state index contributed by atoms with van der Waals surface area (Å²) in [4.78, 5) is 28.3. The molecule has 2 saturated heterocycles. The number of aliphatic hydroxyl groups excluding tert-OH is 1. The zero-order chi connectivity index (χ0) is 26.5. The highest BCUT2D eigenvalue weighted by atomic mass is 32.2. The van der Waals surface area contributed by atoms with E-state index in [0.717, 1.165) is 11.3 Å². The standard InChI is InChI=1S/C24H26N4O8S2/c29-9-12-35-20-6-5-19-23(26-20)37-24(25-19)27-22(30)21(28-36-16-7-10-33-13-16)15-1-3-17(4-2-15)38(31,32)18-8-11-34-14-18/h1-6,16,18,29H,7-14H2,(H,25,27,30)/b28-21+/t16-,18+/m1/s1. The Hall–Kier alpha value is -3.17. The number of fused-ring (bicyclic) bond motifs is 1. The van der Waals surface area contributed by atoms with Crippen LogP contribution in [0.5, 0.6) is 5.88 Å². The van der Waals surface area contributed by atoms with Gasteiger partial charge in [-0.25, -0.2) is 18.4 Å². The molecule has 38 heavy (non-hydrogen) atoms. The number of amides is 1. The normalized spacial score (nSPS) is 20.1. The van der Waals surface area contributed by atoms with Gasteiger partial charge in [-0.3, -0.25) is 10.1 Å². The Labute approximate surface area is 222 Å². The molecule has 2 aliphatic rings. The molecule has 2 aliphatic heterocycles. The second-order valence-corrected chi connectivity index (χ2v) is 11.8. The van der Waals surface area contributed by atoms with Gasteiger partial charge in [0.25, 0.3) is 5.91 Å². The summed E-state index contributed by atoms with van der Waals surface area (Å²) in [6.07, 6.45) is 0.801. The lowest BCUT2D eigenvalue weighted by molar-refractivity contribution is -0.110. The van der Waals surface area contributed by atoms with E-state index in [0.29, 0.717) is 54.5 Å². The lowest BCUT2D eigenvalue weighted by atomic mass is 10.1. The third-order valence-corrected chi connectivity index (χ3v) is 9.03. The summed E-state index contributed by atoms with van der Waals surface area (Å²) < 4.78 is 41.7. The zero-order valence-electron chi connectivity index (χ0n) is 20.2. The molecule has 4 heterocycles. The number of oxime groups is 1. The summed E-state index contributed by atoms with van der Waals surface area (Å²) in [5.74, 6) is -0.249. The molecule has 0 unspecified atom stereocenters. The Kier molecular flexibility index (Phi) is 8.14. The summed E-state index contributed by atoms with van der Waals surface area (Å²) in [5.41, 5.74) is 0.899. The summed E-state index contributed by atoms with van der Waals surface area (Å²) in [7, 11) is -3.55. The molecule has 0 bridgehead atoms. The minimum atomic E-state index is -3.55. The molecule has 2 fully saturated rings. The van der Waals surface area contributed by atoms with Crippen molar-refractivity contribution in [3.8, 4) is 5.88 Å². The maximum absolute atomic E-state index is 13.3. The number of ether oxygens (including phenoxy) is 3. The highest BCUT2D eigenvalue weighted by molar-refractivity contribution is 7.92. The van der Waals surface area contributed by atoms with E-state index in [9.17, 15) is 13.2 Å². The van der Waals surface area contributed by atoms with Crippen molar-refractivity contribution in [3.05, 3.63) is 42.0 Å². The van der Waals surface area contributed by atoms with E-state index in [1.54, 1.807) is 12.1 Å². The molecular weight excluding hydrogens is 536 g/mol. The average molecular weight is 563 g/mol. The predicted octanol–water partition coefficient (Wildman–Crippen LogP) is 1.77. The second-order valence-electron chi connectivity index (χ2n) is 8.60. The van der Waals surface area contributed by atoms with Crippen LogP contribution in [0.2, 0.25) is 0 Å². The molecule has 202 valence electrons. The largest absolute Gasteiger partial charge is 0.475 e. The lowest BCUT2D eigenvalue weighted by Gasteiger charge is -2.12. The van der Waals surface area contributed by atoms with Crippen molar-refractivity contribution < 1.29 is 37.4 Å². The molecule has 0 saturated carbocycles. The molecule has 2 N–H and O–H groups in total. The number of rotatable bonds is 10. The number of hydrogen-bond acceptors (Lipinski definition) is 12. The summed E-state index contributed by atoms with van der Waals surface area (Å²) in [5, 5.41) is 15.5. The Morgan fingerprint density at radius 3 is 2.61 bits per heavy atom. The van der Waals surface area contributed by atoms with Gasteiger partial charge in [0.05, 0.1) is 36.6 Å². The molecule has 14 heteroatoms. The van der Waals surface area contributed by atoms with E-state index < -0.39 is 21.0 Å². The van der Waals surface area contributed by atoms with Crippen LogP contribution < -0.4 is 10.1 Å². The third kappa shape index (κ3) is 5.94. The number of aromatic nitrogens is 2. The molecular formula is C24H26N4O8S2. The van der Waals surface area contributed by atoms with Crippen molar-refractivity contribution in [2.24, 2.45) is 5.16 Å². The fourth-order valence-corrected chi connectivity index (χ4v) is 6.35. The smallest absolute Gasteiger partial charge is 0.280 e. The molecule has 1 aromatic carbocycles. The molecule has 0 aliphatic carbocycles. The molecule has 5 rings (SSSR count). The first kappa shape index (κ1) is 26.4. The highest BCUT2D eigenvalue weighted by Crippen LogP contribution is 2.27. The second kappa shape index (κ2) is 11.7. The summed E-state index contributed by atoms with van der Waals surface area (Å²) >= 11 is 1.15. The molecule has 3 aromatic rings. The number of aliphatic hydroxyl groups is 1. The van der Waals surface area contributed by atoms with Crippen molar-refractivity contribution in [1.82, 2.24) is 9.97 Å². The number of sulfone groups is 1. The van der Waals surface area contributed by atoms with Gasteiger partial charge in [-0.05, 0) is 24.6 Å². The quantitative estimate of drug-likeness (QED) is 0.275. The van der Waals surface area contributed by atoms with Crippen LogP contribution in [-0.4, -0.2) is 86.1 Å². The number of pyridine rings is 1.